The first-order valence-electron chi connectivity index (χ1n) is 8.55. The van der Waals surface area contributed by atoms with Crippen LogP contribution in [0.15, 0.2) is 78.9 Å². The summed E-state index contributed by atoms with van der Waals surface area (Å²) in [6, 6.07) is 24.5. The molecule has 1 aliphatic rings. The van der Waals surface area contributed by atoms with Gasteiger partial charge in [-0.3, -0.25) is 0 Å². The lowest BCUT2D eigenvalue weighted by Crippen LogP contribution is -2.47. The van der Waals surface area contributed by atoms with E-state index in [0.29, 0.717) is 22.8 Å². The summed E-state index contributed by atoms with van der Waals surface area (Å²) >= 11 is 6.27. The standard InChI is InChI=1S/C22H17ClO4/c23-17-11-12-19-18(13-17)22(16-9-5-2-6-10-16,27-21(26-19)20(24)25)14-15-7-3-1-4-8-15/h1-13,21H,14H2,(H,24,25). The van der Waals surface area contributed by atoms with Crippen LogP contribution in [0, 0.1) is 0 Å². The van der Waals surface area contributed by atoms with Crippen LogP contribution >= 0.6 is 11.6 Å². The molecular weight excluding hydrogens is 364 g/mol. The Hall–Kier alpha value is -2.82. The zero-order chi connectivity index (χ0) is 18.9. The van der Waals surface area contributed by atoms with Gasteiger partial charge in [-0.1, -0.05) is 72.3 Å². The molecule has 0 aromatic heterocycles. The van der Waals surface area contributed by atoms with E-state index in [1.165, 1.54) is 0 Å². The minimum absolute atomic E-state index is 0.443. The third-order valence-corrected chi connectivity index (χ3v) is 4.89. The summed E-state index contributed by atoms with van der Waals surface area (Å²) in [5.41, 5.74) is 1.53. The third kappa shape index (κ3) is 3.29. The Labute approximate surface area is 161 Å². The number of carboxylic acids is 1. The summed E-state index contributed by atoms with van der Waals surface area (Å²) in [5.74, 6) is -0.721. The molecule has 1 heterocycles. The van der Waals surface area contributed by atoms with Crippen molar-refractivity contribution in [1.82, 2.24) is 0 Å². The van der Waals surface area contributed by atoms with Gasteiger partial charge >= 0.3 is 5.97 Å². The van der Waals surface area contributed by atoms with Crippen LogP contribution in [0.5, 0.6) is 5.75 Å². The van der Waals surface area contributed by atoms with E-state index in [0.717, 1.165) is 11.1 Å². The Morgan fingerprint density at radius 3 is 2.33 bits per heavy atom. The van der Waals surface area contributed by atoms with Gasteiger partial charge < -0.3 is 14.6 Å². The van der Waals surface area contributed by atoms with Crippen molar-refractivity contribution in [1.29, 1.82) is 0 Å². The molecule has 136 valence electrons. The zero-order valence-corrected chi connectivity index (χ0v) is 15.1. The molecule has 0 spiro atoms. The van der Waals surface area contributed by atoms with Gasteiger partial charge in [-0.05, 0) is 29.3 Å². The van der Waals surface area contributed by atoms with Crippen LogP contribution in [-0.4, -0.2) is 17.4 Å². The Morgan fingerprint density at radius 2 is 1.67 bits per heavy atom. The molecule has 5 heteroatoms. The maximum absolute atomic E-state index is 11.7. The number of carbonyl (C=O) groups is 1. The molecule has 0 saturated heterocycles. The molecule has 0 bridgehead atoms. The van der Waals surface area contributed by atoms with Gasteiger partial charge in [0.15, 0.2) is 0 Å². The number of hydrogen-bond acceptors (Lipinski definition) is 3. The van der Waals surface area contributed by atoms with Crippen molar-refractivity contribution in [2.45, 2.75) is 18.3 Å². The Bertz CT molecular complexity index is 959. The largest absolute Gasteiger partial charge is 0.477 e. The number of fused-ring (bicyclic) bond motifs is 1. The van der Waals surface area contributed by atoms with Gasteiger partial charge in [0.05, 0.1) is 0 Å². The van der Waals surface area contributed by atoms with E-state index in [1.54, 1.807) is 18.2 Å². The summed E-state index contributed by atoms with van der Waals surface area (Å²) in [5, 5.41) is 10.1. The van der Waals surface area contributed by atoms with E-state index in [4.69, 9.17) is 21.1 Å². The molecule has 3 aromatic carbocycles. The molecule has 0 saturated carbocycles. The molecule has 1 N–H and O–H groups in total. The predicted molar refractivity (Wildman–Crippen MR) is 102 cm³/mol. The van der Waals surface area contributed by atoms with E-state index in [1.807, 2.05) is 60.7 Å². The van der Waals surface area contributed by atoms with Gasteiger partial charge in [0.2, 0.25) is 0 Å². The van der Waals surface area contributed by atoms with Crippen molar-refractivity contribution >= 4 is 17.6 Å². The van der Waals surface area contributed by atoms with Gasteiger partial charge in [-0.25, -0.2) is 4.79 Å². The number of benzene rings is 3. The van der Waals surface area contributed by atoms with Gasteiger partial charge in [0, 0.05) is 17.0 Å². The monoisotopic (exact) mass is 380 g/mol. The van der Waals surface area contributed by atoms with Gasteiger partial charge in [-0.15, -0.1) is 0 Å². The van der Waals surface area contributed by atoms with Gasteiger partial charge in [0.1, 0.15) is 11.4 Å². The molecule has 27 heavy (non-hydrogen) atoms. The molecule has 3 aromatic rings. The second kappa shape index (κ2) is 7.06. The second-order valence-corrected chi connectivity index (χ2v) is 6.84. The van der Waals surface area contributed by atoms with E-state index < -0.39 is 17.9 Å². The van der Waals surface area contributed by atoms with Crippen LogP contribution in [0.4, 0.5) is 0 Å². The molecule has 4 nitrogen and oxygen atoms in total. The normalized spacial score (nSPS) is 21.1. The summed E-state index contributed by atoms with van der Waals surface area (Å²) in [6.45, 7) is 0. The number of carboxylic acid groups (broad SMARTS) is 1. The Balaban J connectivity index is 1.96. The number of ether oxygens (including phenoxy) is 2. The first-order valence-corrected chi connectivity index (χ1v) is 8.93. The van der Waals surface area contributed by atoms with E-state index in [9.17, 15) is 9.90 Å². The van der Waals surface area contributed by atoms with Crippen LogP contribution in [0.3, 0.4) is 0 Å². The minimum atomic E-state index is -1.41. The fraction of sp³-hybridized carbons (Fsp3) is 0.136. The minimum Gasteiger partial charge on any atom is -0.477 e. The summed E-state index contributed by atoms with van der Waals surface area (Å²) in [7, 11) is 0. The van der Waals surface area contributed by atoms with Crippen LogP contribution in [0.25, 0.3) is 0 Å². The average molecular weight is 381 g/mol. The summed E-state index contributed by atoms with van der Waals surface area (Å²) in [4.78, 5) is 11.7. The smallest absolute Gasteiger partial charge is 0.373 e. The highest BCUT2D eigenvalue weighted by molar-refractivity contribution is 6.30. The summed E-state index contributed by atoms with van der Waals surface area (Å²) in [6.07, 6.45) is -0.971. The van der Waals surface area contributed by atoms with Gasteiger partial charge in [-0.2, -0.15) is 0 Å². The van der Waals surface area contributed by atoms with Crippen molar-refractivity contribution in [3.05, 3.63) is 101 Å². The third-order valence-electron chi connectivity index (χ3n) is 4.66. The van der Waals surface area contributed by atoms with Crippen LogP contribution in [0.2, 0.25) is 5.02 Å². The molecule has 4 rings (SSSR count). The average Bonchev–Trinajstić information content (AvgIpc) is 2.69. The topological polar surface area (TPSA) is 55.8 Å². The fourth-order valence-corrected chi connectivity index (χ4v) is 3.63. The van der Waals surface area contributed by atoms with Crippen LogP contribution < -0.4 is 4.74 Å². The lowest BCUT2D eigenvalue weighted by Gasteiger charge is -2.42. The zero-order valence-electron chi connectivity index (χ0n) is 14.3. The molecule has 1 aliphatic heterocycles. The number of halogens is 1. The maximum Gasteiger partial charge on any atom is 0.373 e. The molecule has 2 atom stereocenters. The first-order chi connectivity index (χ1) is 13.1. The van der Waals surface area contributed by atoms with E-state index in [2.05, 4.69) is 0 Å². The maximum atomic E-state index is 11.7. The quantitative estimate of drug-likeness (QED) is 0.716. The molecule has 0 amide bonds. The van der Waals surface area contributed by atoms with Crippen molar-refractivity contribution in [2.75, 3.05) is 0 Å². The van der Waals surface area contributed by atoms with Crippen molar-refractivity contribution in [2.24, 2.45) is 0 Å². The van der Waals surface area contributed by atoms with Crippen LogP contribution in [0.1, 0.15) is 16.7 Å². The SMILES string of the molecule is O=C(O)C1Oc2ccc(Cl)cc2C(Cc2ccccc2)(c2ccccc2)O1. The fourth-order valence-electron chi connectivity index (χ4n) is 3.46. The molecular formula is C22H17ClO4. The lowest BCUT2D eigenvalue weighted by molar-refractivity contribution is -0.204. The number of aliphatic carboxylic acids is 1. The summed E-state index contributed by atoms with van der Waals surface area (Å²) < 4.78 is 11.7. The number of hydrogen-bond donors (Lipinski definition) is 1. The number of rotatable bonds is 4. The predicted octanol–water partition coefficient (Wildman–Crippen LogP) is 4.65. The molecule has 0 radical (unpaired) electrons. The van der Waals surface area contributed by atoms with Gasteiger partial charge in [0.25, 0.3) is 6.29 Å². The Morgan fingerprint density at radius 1 is 1.00 bits per heavy atom. The highest BCUT2D eigenvalue weighted by Gasteiger charge is 2.46. The van der Waals surface area contributed by atoms with Crippen molar-refractivity contribution in [3.8, 4) is 5.75 Å². The second-order valence-electron chi connectivity index (χ2n) is 6.40. The Kier molecular flexibility index (Phi) is 4.60. The molecule has 0 fully saturated rings. The molecule has 0 aliphatic carbocycles. The first kappa shape index (κ1) is 17.6. The highest BCUT2D eigenvalue weighted by atomic mass is 35.5. The van der Waals surface area contributed by atoms with E-state index >= 15 is 0 Å². The highest BCUT2D eigenvalue weighted by Crippen LogP contribution is 2.46. The van der Waals surface area contributed by atoms with E-state index in [-0.39, 0.29) is 0 Å². The van der Waals surface area contributed by atoms with Crippen LogP contribution in [-0.2, 0) is 21.6 Å². The molecule has 2 unspecified atom stereocenters. The lowest BCUT2D eigenvalue weighted by atomic mass is 9.80. The van der Waals surface area contributed by atoms with Crippen molar-refractivity contribution < 1.29 is 19.4 Å². The van der Waals surface area contributed by atoms with Crippen molar-refractivity contribution in [3.63, 3.8) is 0 Å².